The minimum atomic E-state index is 0.791. The molecule has 0 bridgehead atoms. The second-order valence-electron chi connectivity index (χ2n) is 1.23. The van der Waals surface area contributed by atoms with Crippen molar-refractivity contribution in [1.82, 2.24) is 9.97 Å². The molecule has 0 unspecified atom stereocenters. The molecule has 0 saturated carbocycles. The molecule has 3 nitrogen and oxygen atoms in total. The lowest BCUT2D eigenvalue weighted by Crippen LogP contribution is -2.03. The zero-order valence-electron chi connectivity index (χ0n) is 4.05. The molecule has 1 aromatic rings. The summed E-state index contributed by atoms with van der Waals surface area (Å²) in [6.07, 6.45) is 3.20. The summed E-state index contributed by atoms with van der Waals surface area (Å²) in [5.74, 6) is 0.791. The monoisotopic (exact) mass is 96.1 g/mol. The quantitative estimate of drug-likeness (QED) is 0.441. The van der Waals surface area contributed by atoms with E-state index in [9.17, 15) is 0 Å². The third kappa shape index (κ3) is 0.924. The molecule has 0 saturated heterocycles. The van der Waals surface area contributed by atoms with E-state index in [1.807, 2.05) is 6.92 Å². The summed E-state index contributed by atoms with van der Waals surface area (Å²) in [6, 6.07) is 0. The van der Waals surface area contributed by atoms with Crippen LogP contribution in [-0.4, -0.2) is 9.97 Å². The molecule has 3 heteroatoms. The van der Waals surface area contributed by atoms with Crippen molar-refractivity contribution in [3.05, 3.63) is 18.5 Å². The summed E-state index contributed by atoms with van der Waals surface area (Å²) >= 11 is 0. The van der Waals surface area contributed by atoms with Gasteiger partial charge < -0.3 is 0 Å². The van der Waals surface area contributed by atoms with Crippen molar-refractivity contribution in [2.75, 3.05) is 0 Å². The fourth-order valence-corrected chi connectivity index (χ4v) is 0.328. The van der Waals surface area contributed by atoms with Crippen molar-refractivity contribution in [2.24, 2.45) is 0 Å². The van der Waals surface area contributed by atoms with Crippen molar-refractivity contribution in [2.45, 2.75) is 6.92 Å². The fourth-order valence-electron chi connectivity index (χ4n) is 0.328. The molecule has 1 heterocycles. The molecule has 0 spiro atoms. The maximum Gasteiger partial charge on any atom is 0.273 e. The van der Waals surface area contributed by atoms with Crippen LogP contribution in [0.25, 0.3) is 0 Å². The second-order valence-corrected chi connectivity index (χ2v) is 1.23. The molecule has 1 aromatic heterocycles. The minimum absolute atomic E-state index is 0.791. The Morgan fingerprint density at radius 2 is 2.00 bits per heavy atom. The van der Waals surface area contributed by atoms with E-state index in [1.54, 1.807) is 12.7 Å². The lowest BCUT2D eigenvalue weighted by molar-refractivity contribution is -0.388. The van der Waals surface area contributed by atoms with Crippen molar-refractivity contribution >= 4 is 0 Å². The highest BCUT2D eigenvalue weighted by molar-refractivity contribution is 4.69. The van der Waals surface area contributed by atoms with Gasteiger partial charge in [-0.3, -0.25) is 4.98 Å². The van der Waals surface area contributed by atoms with Crippen LogP contribution in [-0.2, 0) is 0 Å². The zero-order chi connectivity index (χ0) is 5.11. The minimum Gasteiger partial charge on any atom is -0.253 e. The van der Waals surface area contributed by atoms with Gasteiger partial charge in [0.15, 0.2) is 0 Å². The maximum absolute atomic E-state index is 3.81. The van der Waals surface area contributed by atoms with E-state index in [4.69, 9.17) is 0 Å². The van der Waals surface area contributed by atoms with Crippen molar-refractivity contribution in [3.8, 4) is 0 Å². The van der Waals surface area contributed by atoms with Gasteiger partial charge in [-0.25, -0.2) is 0 Å². The highest BCUT2D eigenvalue weighted by atomic mass is 15.0. The molecule has 1 rings (SSSR count). The van der Waals surface area contributed by atoms with Crippen molar-refractivity contribution in [1.29, 1.82) is 0 Å². The Balaban J connectivity index is 3.02. The maximum atomic E-state index is 3.81. The van der Waals surface area contributed by atoms with E-state index < -0.39 is 0 Å². The molecule has 7 heavy (non-hydrogen) atoms. The fraction of sp³-hybridized carbons (Fsp3) is 0.250. The summed E-state index contributed by atoms with van der Waals surface area (Å²) in [6.45, 7) is 1.84. The smallest absolute Gasteiger partial charge is 0.253 e. The summed E-state index contributed by atoms with van der Waals surface area (Å²) in [5, 5.41) is 0. The Hall–Kier alpha value is -0.990. The Kier molecular flexibility index (Phi) is 0.978. The van der Waals surface area contributed by atoms with E-state index in [2.05, 4.69) is 15.0 Å². The van der Waals surface area contributed by atoms with Crippen molar-refractivity contribution in [3.63, 3.8) is 0 Å². The number of aromatic nitrogens is 3. The number of hydrogen-bond donors (Lipinski definition) is 0. The second kappa shape index (κ2) is 1.64. The Morgan fingerprint density at radius 3 is 2.29 bits per heavy atom. The number of nitrogens with one attached hydrogen (secondary N) is 1. The van der Waals surface area contributed by atoms with Crippen molar-refractivity contribution < 1.29 is 4.98 Å². The van der Waals surface area contributed by atoms with Gasteiger partial charge in [-0.1, -0.05) is 9.97 Å². The van der Waals surface area contributed by atoms with Crippen LogP contribution in [0.3, 0.4) is 0 Å². The normalized spacial score (nSPS) is 8.71. The number of hydrogen-bond acceptors (Lipinski definition) is 2. The first-order valence-electron chi connectivity index (χ1n) is 2.04. The van der Waals surface area contributed by atoms with E-state index in [0.29, 0.717) is 0 Å². The Labute approximate surface area is 41.5 Å². The number of aromatic amines is 1. The van der Waals surface area contributed by atoms with Crippen LogP contribution in [0.4, 0.5) is 0 Å². The molecular weight excluding hydrogens is 90.1 g/mol. The predicted octanol–water partition coefficient (Wildman–Crippen LogP) is -0.401. The average molecular weight is 96.1 g/mol. The van der Waals surface area contributed by atoms with Gasteiger partial charge in [0.25, 0.3) is 5.82 Å². The molecule has 0 atom stereocenters. The first kappa shape index (κ1) is 4.18. The van der Waals surface area contributed by atoms with Crippen LogP contribution in [0.1, 0.15) is 5.82 Å². The summed E-state index contributed by atoms with van der Waals surface area (Å²) in [5.41, 5.74) is 0. The SMILES string of the molecule is Cc1nc[nH+]cn1. The van der Waals surface area contributed by atoms with E-state index >= 15 is 0 Å². The lowest BCUT2D eigenvalue weighted by atomic mass is 10.7. The van der Waals surface area contributed by atoms with Crippen LogP contribution in [0, 0.1) is 6.92 Å². The molecule has 0 aliphatic rings. The highest BCUT2D eigenvalue weighted by Gasteiger charge is 1.87. The Morgan fingerprint density at radius 1 is 1.43 bits per heavy atom. The standard InChI is InChI=1S/C4H5N3/c1-4-6-2-5-3-7-4/h2-3H,1H3/p+1. The van der Waals surface area contributed by atoms with E-state index in [-0.39, 0.29) is 0 Å². The lowest BCUT2D eigenvalue weighted by Gasteiger charge is -1.70. The molecular formula is C4H6N3+. The van der Waals surface area contributed by atoms with Gasteiger partial charge in [0.1, 0.15) is 0 Å². The van der Waals surface area contributed by atoms with Crippen LogP contribution in [0.15, 0.2) is 12.7 Å². The molecule has 36 valence electrons. The van der Waals surface area contributed by atoms with E-state index in [1.165, 1.54) is 0 Å². The number of aryl methyl sites for hydroxylation is 1. The number of H-pyrrole nitrogens is 1. The largest absolute Gasteiger partial charge is 0.273 e. The molecule has 0 fully saturated rings. The Bertz CT molecular complexity index is 137. The van der Waals surface area contributed by atoms with Gasteiger partial charge in [-0.2, -0.15) is 0 Å². The molecule has 0 aliphatic carbocycles. The van der Waals surface area contributed by atoms with Crippen LogP contribution >= 0.6 is 0 Å². The summed E-state index contributed by atoms with van der Waals surface area (Å²) < 4.78 is 0. The summed E-state index contributed by atoms with van der Waals surface area (Å²) in [7, 11) is 0. The topological polar surface area (TPSA) is 39.9 Å². The summed E-state index contributed by atoms with van der Waals surface area (Å²) in [4.78, 5) is 10.3. The zero-order valence-corrected chi connectivity index (χ0v) is 4.05. The third-order valence-corrected chi connectivity index (χ3v) is 0.652. The van der Waals surface area contributed by atoms with Gasteiger partial charge in [-0.15, -0.1) is 0 Å². The van der Waals surface area contributed by atoms with Gasteiger partial charge in [0, 0.05) is 6.92 Å². The van der Waals surface area contributed by atoms with Gasteiger partial charge >= 0.3 is 0 Å². The van der Waals surface area contributed by atoms with Gasteiger partial charge in [0.05, 0.1) is 0 Å². The average Bonchev–Trinajstić information content (AvgIpc) is 1.69. The molecule has 0 amide bonds. The third-order valence-electron chi connectivity index (χ3n) is 0.652. The molecule has 0 aliphatic heterocycles. The molecule has 0 radical (unpaired) electrons. The van der Waals surface area contributed by atoms with E-state index in [0.717, 1.165) is 5.82 Å². The first-order valence-corrected chi connectivity index (χ1v) is 2.04. The number of rotatable bonds is 0. The van der Waals surface area contributed by atoms with Gasteiger partial charge in [-0.05, 0) is 0 Å². The van der Waals surface area contributed by atoms with Crippen LogP contribution in [0.5, 0.6) is 0 Å². The highest BCUT2D eigenvalue weighted by Crippen LogP contribution is 1.71. The van der Waals surface area contributed by atoms with Crippen LogP contribution < -0.4 is 4.98 Å². The molecule has 1 N–H and O–H groups in total. The molecule has 0 aromatic carbocycles. The predicted molar refractivity (Wildman–Crippen MR) is 23.3 cm³/mol. The van der Waals surface area contributed by atoms with Crippen LogP contribution in [0.2, 0.25) is 0 Å². The number of nitrogens with zero attached hydrogens (tertiary/aromatic N) is 2. The first-order chi connectivity index (χ1) is 3.39. The van der Waals surface area contributed by atoms with Gasteiger partial charge in [0.2, 0.25) is 12.7 Å².